The van der Waals surface area contributed by atoms with Crippen LogP contribution in [0.3, 0.4) is 0 Å². The molecule has 1 aliphatic carbocycles. The molecule has 0 fully saturated rings. The summed E-state index contributed by atoms with van der Waals surface area (Å²) >= 11 is 0. The molecule has 5 rings (SSSR count). The highest BCUT2D eigenvalue weighted by atomic mass is 16.5. The van der Waals surface area contributed by atoms with Gasteiger partial charge in [-0.2, -0.15) is 0 Å². The fourth-order valence-corrected chi connectivity index (χ4v) is 4.64. The lowest BCUT2D eigenvalue weighted by Gasteiger charge is -2.34. The molecule has 0 saturated heterocycles. The lowest BCUT2D eigenvalue weighted by Crippen LogP contribution is -2.29. The average Bonchev–Trinajstić information content (AvgIpc) is 3.13. The van der Waals surface area contributed by atoms with Gasteiger partial charge in [-0.3, -0.25) is 4.79 Å². The first-order valence-corrected chi connectivity index (χ1v) is 9.98. The van der Waals surface area contributed by atoms with Crippen LogP contribution in [0, 0.1) is 6.92 Å². The normalized spacial score (nSPS) is 20.4. The second-order valence-corrected chi connectivity index (χ2v) is 7.83. The van der Waals surface area contributed by atoms with Gasteiger partial charge in [0.25, 0.3) is 0 Å². The third-order valence-electron chi connectivity index (χ3n) is 6.07. The maximum absolute atomic E-state index is 13.4. The molecule has 0 saturated carbocycles. The molecule has 0 amide bonds. The molecule has 2 N–H and O–H groups in total. The van der Waals surface area contributed by atoms with Crippen molar-refractivity contribution >= 4 is 11.7 Å². The molecule has 1 aliphatic heterocycles. The highest BCUT2D eigenvalue weighted by Gasteiger charge is 2.41. The Morgan fingerprint density at radius 3 is 2.70 bits per heavy atom. The number of nitrogens with zero attached hydrogens (tertiary/aromatic N) is 1. The van der Waals surface area contributed by atoms with Gasteiger partial charge in [0.15, 0.2) is 17.3 Å². The number of nitrogens with one attached hydrogen (secondary N) is 1. The molecule has 152 valence electrons. The van der Waals surface area contributed by atoms with Gasteiger partial charge in [-0.25, -0.2) is 0 Å². The van der Waals surface area contributed by atoms with Crippen molar-refractivity contribution in [2.24, 2.45) is 0 Å². The Kier molecular flexibility index (Phi) is 4.35. The maximum Gasteiger partial charge on any atom is 0.233 e. The summed E-state index contributed by atoms with van der Waals surface area (Å²) < 4.78 is 10.8. The summed E-state index contributed by atoms with van der Waals surface area (Å²) in [6.07, 6.45) is 1.06. The van der Waals surface area contributed by atoms with Gasteiger partial charge in [0.05, 0.1) is 18.4 Å². The Balaban J connectivity index is 1.59. The SMILES string of the molecule is COc1cc(C2CC(=O)C3=C(C2)Nc2onc(C)c2C3c2ccccc2)ccc1O. The summed E-state index contributed by atoms with van der Waals surface area (Å²) in [5, 5.41) is 17.4. The van der Waals surface area contributed by atoms with Gasteiger partial charge in [0, 0.05) is 23.6 Å². The number of aryl methyl sites for hydroxylation is 1. The van der Waals surface area contributed by atoms with Crippen molar-refractivity contribution in [1.29, 1.82) is 0 Å². The number of fused-ring (bicyclic) bond motifs is 1. The van der Waals surface area contributed by atoms with Gasteiger partial charge in [-0.1, -0.05) is 41.6 Å². The van der Waals surface area contributed by atoms with Crippen LogP contribution in [0.4, 0.5) is 5.88 Å². The number of methoxy groups -OCH3 is 1. The molecule has 6 heteroatoms. The molecule has 0 bridgehead atoms. The van der Waals surface area contributed by atoms with Crippen molar-refractivity contribution in [2.75, 3.05) is 12.4 Å². The predicted octanol–water partition coefficient (Wildman–Crippen LogP) is 4.66. The van der Waals surface area contributed by atoms with Crippen LogP contribution in [0.5, 0.6) is 11.5 Å². The maximum atomic E-state index is 13.4. The van der Waals surface area contributed by atoms with E-state index >= 15 is 0 Å². The average molecular weight is 402 g/mol. The summed E-state index contributed by atoms with van der Waals surface area (Å²) in [6, 6.07) is 15.3. The summed E-state index contributed by atoms with van der Waals surface area (Å²) in [5.41, 5.74) is 5.40. The van der Waals surface area contributed by atoms with E-state index in [4.69, 9.17) is 9.26 Å². The molecule has 2 heterocycles. The van der Waals surface area contributed by atoms with Crippen LogP contribution in [0.2, 0.25) is 0 Å². The minimum Gasteiger partial charge on any atom is -0.504 e. The number of hydrogen-bond acceptors (Lipinski definition) is 6. The first-order chi connectivity index (χ1) is 14.6. The van der Waals surface area contributed by atoms with Crippen LogP contribution in [0.1, 0.15) is 47.1 Å². The van der Waals surface area contributed by atoms with Crippen LogP contribution in [-0.2, 0) is 4.79 Å². The zero-order chi connectivity index (χ0) is 20.8. The van der Waals surface area contributed by atoms with Crippen molar-refractivity contribution in [1.82, 2.24) is 5.16 Å². The number of rotatable bonds is 3. The monoisotopic (exact) mass is 402 g/mol. The summed E-state index contributed by atoms with van der Waals surface area (Å²) in [7, 11) is 1.52. The van der Waals surface area contributed by atoms with Crippen molar-refractivity contribution in [3.05, 3.63) is 82.2 Å². The molecule has 2 atom stereocenters. The van der Waals surface area contributed by atoms with E-state index in [-0.39, 0.29) is 23.4 Å². The highest BCUT2D eigenvalue weighted by Crippen LogP contribution is 2.49. The van der Waals surface area contributed by atoms with Gasteiger partial charge in [-0.05, 0) is 42.5 Å². The van der Waals surface area contributed by atoms with Crippen LogP contribution >= 0.6 is 0 Å². The number of benzene rings is 2. The number of aromatic hydroxyl groups is 1. The Bertz CT molecular complexity index is 1160. The largest absolute Gasteiger partial charge is 0.504 e. The van der Waals surface area contributed by atoms with Crippen molar-refractivity contribution in [3.63, 3.8) is 0 Å². The van der Waals surface area contributed by atoms with Crippen LogP contribution in [-0.4, -0.2) is 23.2 Å². The molecular formula is C24H22N2O4. The van der Waals surface area contributed by atoms with E-state index in [2.05, 4.69) is 10.5 Å². The molecule has 2 aromatic carbocycles. The highest BCUT2D eigenvalue weighted by molar-refractivity contribution is 6.01. The van der Waals surface area contributed by atoms with Gasteiger partial charge >= 0.3 is 0 Å². The van der Waals surface area contributed by atoms with E-state index in [0.717, 1.165) is 33.7 Å². The molecule has 0 spiro atoms. The van der Waals surface area contributed by atoms with Crippen molar-refractivity contribution in [2.45, 2.75) is 31.6 Å². The number of ketones is 1. The van der Waals surface area contributed by atoms with E-state index in [0.29, 0.717) is 24.5 Å². The quantitative estimate of drug-likeness (QED) is 0.663. The number of hydrogen-bond donors (Lipinski definition) is 2. The minimum absolute atomic E-state index is 0.0137. The van der Waals surface area contributed by atoms with Crippen LogP contribution in [0.15, 0.2) is 64.3 Å². The van der Waals surface area contributed by atoms with Crippen LogP contribution < -0.4 is 10.1 Å². The molecule has 0 radical (unpaired) electrons. The predicted molar refractivity (Wildman–Crippen MR) is 112 cm³/mol. The Morgan fingerprint density at radius 2 is 1.93 bits per heavy atom. The zero-order valence-electron chi connectivity index (χ0n) is 16.8. The number of ether oxygens (including phenoxy) is 1. The topological polar surface area (TPSA) is 84.6 Å². The first-order valence-electron chi connectivity index (χ1n) is 9.98. The number of Topliss-reactive ketones (excluding diaryl/α,β-unsaturated/α-hetero) is 1. The minimum atomic E-state index is -0.188. The Morgan fingerprint density at radius 1 is 1.13 bits per heavy atom. The molecule has 30 heavy (non-hydrogen) atoms. The second-order valence-electron chi connectivity index (χ2n) is 7.83. The van der Waals surface area contributed by atoms with Crippen LogP contribution in [0.25, 0.3) is 0 Å². The van der Waals surface area contributed by atoms with E-state index in [1.54, 1.807) is 12.1 Å². The molecule has 6 nitrogen and oxygen atoms in total. The van der Waals surface area contributed by atoms with Gasteiger partial charge in [-0.15, -0.1) is 0 Å². The number of aromatic nitrogens is 1. The molecule has 2 aliphatic rings. The van der Waals surface area contributed by atoms with E-state index in [9.17, 15) is 9.90 Å². The number of anilines is 1. The lowest BCUT2D eigenvalue weighted by atomic mass is 9.72. The van der Waals surface area contributed by atoms with E-state index in [1.807, 2.05) is 43.3 Å². The second kappa shape index (κ2) is 7.06. The van der Waals surface area contributed by atoms with E-state index < -0.39 is 0 Å². The molecule has 3 aromatic rings. The molecule has 1 aromatic heterocycles. The number of carbonyl (C=O) groups excluding carboxylic acids is 1. The fourth-order valence-electron chi connectivity index (χ4n) is 4.64. The number of phenols is 1. The molecule has 2 unspecified atom stereocenters. The van der Waals surface area contributed by atoms with Gasteiger partial charge in [0.2, 0.25) is 5.88 Å². The van der Waals surface area contributed by atoms with Crippen molar-refractivity contribution < 1.29 is 19.2 Å². The summed E-state index contributed by atoms with van der Waals surface area (Å²) in [5.74, 6) is 1.01. The van der Waals surface area contributed by atoms with E-state index in [1.165, 1.54) is 7.11 Å². The molecular weight excluding hydrogens is 380 g/mol. The number of phenolic OH excluding ortho intramolecular Hbond substituents is 1. The third-order valence-corrected chi connectivity index (χ3v) is 6.07. The fraction of sp³-hybridized carbons (Fsp3) is 0.250. The Labute approximate surface area is 174 Å². The Hall–Kier alpha value is -3.54. The van der Waals surface area contributed by atoms with Gasteiger partial charge in [0.1, 0.15) is 0 Å². The number of carbonyl (C=O) groups is 1. The first kappa shape index (κ1) is 18.5. The third kappa shape index (κ3) is 2.87. The number of allylic oxidation sites excluding steroid dienone is 2. The standard InChI is InChI=1S/C24H22N2O4/c1-13-21-22(14-6-4-3-5-7-14)23-17(25-24(21)30-26-13)10-16(11-19(23)28)15-8-9-18(27)20(12-15)29-2/h3-9,12,16,22,25,27H,10-11H2,1-2H3. The van der Waals surface area contributed by atoms with Gasteiger partial charge < -0.3 is 19.7 Å². The zero-order valence-corrected chi connectivity index (χ0v) is 16.8. The lowest BCUT2D eigenvalue weighted by molar-refractivity contribution is -0.116. The van der Waals surface area contributed by atoms with Crippen molar-refractivity contribution in [3.8, 4) is 11.5 Å². The summed E-state index contributed by atoms with van der Waals surface area (Å²) in [4.78, 5) is 13.4. The smallest absolute Gasteiger partial charge is 0.233 e. The summed E-state index contributed by atoms with van der Waals surface area (Å²) in [6.45, 7) is 1.91.